The van der Waals surface area contributed by atoms with Crippen molar-refractivity contribution < 1.29 is 14.5 Å². The number of nitrogens with one attached hydrogen (secondary N) is 1. The predicted molar refractivity (Wildman–Crippen MR) is 38.7 cm³/mol. The quantitative estimate of drug-likeness (QED) is 0.571. The molecule has 58 valence electrons. The number of H-pyrrole nitrogens is 1. The summed E-state index contributed by atoms with van der Waals surface area (Å²) in [4.78, 5) is 13.5. The number of esters is 1. The van der Waals surface area contributed by atoms with Crippen molar-refractivity contribution in [3.63, 3.8) is 0 Å². The van der Waals surface area contributed by atoms with Crippen LogP contribution >= 0.6 is 0 Å². The molecule has 0 bridgehead atoms. The maximum absolute atomic E-state index is 10.8. The molecule has 0 fully saturated rings. The van der Waals surface area contributed by atoms with Gasteiger partial charge in [0.15, 0.2) is 6.20 Å². The fourth-order valence-electron chi connectivity index (χ4n) is 0.674. The van der Waals surface area contributed by atoms with Crippen molar-refractivity contribution in [1.82, 2.24) is 0 Å². The Kier molecular flexibility index (Phi) is 2.06. The van der Waals surface area contributed by atoms with Gasteiger partial charge in [-0.2, -0.15) is 0 Å². The van der Waals surface area contributed by atoms with Gasteiger partial charge in [0.1, 0.15) is 0 Å². The van der Waals surface area contributed by atoms with Gasteiger partial charge in [0.25, 0.3) is 5.69 Å². The molecule has 3 N–H and O–H groups in total. The van der Waals surface area contributed by atoms with Gasteiger partial charge >= 0.3 is 5.97 Å². The van der Waals surface area contributed by atoms with Crippen LogP contribution in [0.3, 0.4) is 0 Å². The van der Waals surface area contributed by atoms with Crippen molar-refractivity contribution in [2.45, 2.75) is 0 Å². The number of hydrogen-bond acceptors (Lipinski definition) is 3. The number of methoxy groups -OCH3 is 1. The SMILES string of the molecule is COC(=O)c1ccc(N)c[nH+]1. The third-order valence-electron chi connectivity index (χ3n) is 1.24. The van der Waals surface area contributed by atoms with E-state index in [0.717, 1.165) is 0 Å². The van der Waals surface area contributed by atoms with E-state index in [0.29, 0.717) is 11.4 Å². The largest absolute Gasteiger partial charge is 0.461 e. The van der Waals surface area contributed by atoms with E-state index in [9.17, 15) is 4.79 Å². The topological polar surface area (TPSA) is 66.5 Å². The molecular formula is C7H9N2O2+. The van der Waals surface area contributed by atoms with E-state index in [-0.39, 0.29) is 0 Å². The molecule has 0 amide bonds. The summed E-state index contributed by atoms with van der Waals surface area (Å²) in [5.74, 6) is -0.398. The molecule has 4 nitrogen and oxygen atoms in total. The molecule has 4 heteroatoms. The van der Waals surface area contributed by atoms with Gasteiger partial charge in [0.05, 0.1) is 12.8 Å². The van der Waals surface area contributed by atoms with Gasteiger partial charge in [-0.3, -0.25) is 0 Å². The Hall–Kier alpha value is -1.58. The lowest BCUT2D eigenvalue weighted by Crippen LogP contribution is -2.17. The Bertz CT molecular complexity index is 256. The minimum atomic E-state index is -0.398. The van der Waals surface area contributed by atoms with Crippen LogP contribution in [-0.4, -0.2) is 13.1 Å². The number of aromatic amines is 1. The molecule has 0 atom stereocenters. The normalized spacial score (nSPS) is 9.18. The minimum absolute atomic E-state index is 0.390. The molecule has 0 aliphatic carbocycles. The number of nitrogens with two attached hydrogens (primary N) is 1. The third kappa shape index (κ3) is 1.67. The van der Waals surface area contributed by atoms with Gasteiger partial charge in [0.2, 0.25) is 0 Å². The number of ether oxygens (including phenoxy) is 1. The second kappa shape index (κ2) is 3.01. The Morgan fingerprint density at radius 1 is 1.64 bits per heavy atom. The van der Waals surface area contributed by atoms with E-state index in [1.165, 1.54) is 13.3 Å². The number of pyridine rings is 1. The van der Waals surface area contributed by atoms with E-state index < -0.39 is 5.97 Å². The molecule has 1 aromatic rings. The van der Waals surface area contributed by atoms with E-state index in [4.69, 9.17) is 5.73 Å². The first-order valence-electron chi connectivity index (χ1n) is 3.09. The predicted octanol–water partition coefficient (Wildman–Crippen LogP) is -0.130. The molecule has 0 spiro atoms. The van der Waals surface area contributed by atoms with Crippen molar-refractivity contribution in [3.05, 3.63) is 24.0 Å². The molecule has 11 heavy (non-hydrogen) atoms. The fraction of sp³-hybridized carbons (Fsp3) is 0.143. The highest BCUT2D eigenvalue weighted by molar-refractivity contribution is 5.85. The molecule has 1 aromatic heterocycles. The van der Waals surface area contributed by atoms with E-state index in [1.807, 2.05) is 0 Å². The Morgan fingerprint density at radius 3 is 2.82 bits per heavy atom. The summed E-state index contributed by atoms with van der Waals surface area (Å²) in [7, 11) is 1.33. The highest BCUT2D eigenvalue weighted by Gasteiger charge is 2.11. The zero-order valence-electron chi connectivity index (χ0n) is 6.13. The number of rotatable bonds is 1. The van der Waals surface area contributed by atoms with Crippen LogP contribution in [0.1, 0.15) is 10.5 Å². The lowest BCUT2D eigenvalue weighted by Gasteiger charge is -1.91. The molecule has 0 aliphatic rings. The van der Waals surface area contributed by atoms with Crippen LogP contribution in [0, 0.1) is 0 Å². The number of carbonyl (C=O) groups is 1. The maximum Gasteiger partial charge on any atom is 0.403 e. The van der Waals surface area contributed by atoms with Gasteiger partial charge in [-0.05, 0) is 6.07 Å². The van der Waals surface area contributed by atoms with Crippen LogP contribution in [-0.2, 0) is 4.74 Å². The maximum atomic E-state index is 10.8. The second-order valence-electron chi connectivity index (χ2n) is 2.03. The van der Waals surface area contributed by atoms with Gasteiger partial charge in [-0.15, -0.1) is 0 Å². The molecule has 1 rings (SSSR count). The second-order valence-corrected chi connectivity index (χ2v) is 2.03. The summed E-state index contributed by atoms with van der Waals surface area (Å²) in [5, 5.41) is 0. The standard InChI is InChI=1S/C7H8N2O2/c1-11-7(10)6-3-2-5(8)4-9-6/h2-4H,8H2,1H3/p+1. The molecule has 0 aliphatic heterocycles. The van der Waals surface area contributed by atoms with Crippen LogP contribution in [0.4, 0.5) is 5.69 Å². The van der Waals surface area contributed by atoms with Crippen molar-refractivity contribution in [3.8, 4) is 0 Å². The fourth-order valence-corrected chi connectivity index (χ4v) is 0.674. The molecule has 0 radical (unpaired) electrons. The summed E-state index contributed by atoms with van der Waals surface area (Å²) in [5.41, 5.74) is 6.36. The van der Waals surface area contributed by atoms with Crippen LogP contribution in [0.5, 0.6) is 0 Å². The molecule has 1 heterocycles. The van der Waals surface area contributed by atoms with Crippen molar-refractivity contribution in [2.75, 3.05) is 12.8 Å². The number of aromatic nitrogens is 1. The highest BCUT2D eigenvalue weighted by atomic mass is 16.5. The van der Waals surface area contributed by atoms with E-state index in [1.54, 1.807) is 12.1 Å². The summed E-state index contributed by atoms with van der Waals surface area (Å²) in [6.45, 7) is 0. The Labute approximate surface area is 64.0 Å². The zero-order chi connectivity index (χ0) is 8.27. The van der Waals surface area contributed by atoms with Crippen LogP contribution in [0.2, 0.25) is 0 Å². The summed E-state index contributed by atoms with van der Waals surface area (Å²) in [6, 6.07) is 3.20. The van der Waals surface area contributed by atoms with Gasteiger partial charge in [-0.25, -0.2) is 9.78 Å². The summed E-state index contributed by atoms with van der Waals surface area (Å²) < 4.78 is 4.47. The van der Waals surface area contributed by atoms with E-state index in [2.05, 4.69) is 9.72 Å². The first-order valence-corrected chi connectivity index (χ1v) is 3.09. The van der Waals surface area contributed by atoms with Crippen LogP contribution in [0.25, 0.3) is 0 Å². The monoisotopic (exact) mass is 153 g/mol. The van der Waals surface area contributed by atoms with Gasteiger partial charge < -0.3 is 10.5 Å². The van der Waals surface area contributed by atoms with Crippen molar-refractivity contribution in [2.24, 2.45) is 0 Å². The number of carbonyl (C=O) groups excluding carboxylic acids is 1. The van der Waals surface area contributed by atoms with Crippen molar-refractivity contribution in [1.29, 1.82) is 0 Å². The molecule has 0 unspecified atom stereocenters. The smallest absolute Gasteiger partial charge is 0.403 e. The highest BCUT2D eigenvalue weighted by Crippen LogP contribution is 1.97. The number of anilines is 1. The average Bonchev–Trinajstić information content (AvgIpc) is 2.05. The first kappa shape index (κ1) is 7.53. The lowest BCUT2D eigenvalue weighted by molar-refractivity contribution is -0.382. The average molecular weight is 153 g/mol. The lowest BCUT2D eigenvalue weighted by atomic mass is 10.3. The zero-order valence-corrected chi connectivity index (χ0v) is 6.13. The summed E-state index contributed by atoms with van der Waals surface area (Å²) >= 11 is 0. The van der Waals surface area contributed by atoms with E-state index >= 15 is 0 Å². The molecule has 0 aromatic carbocycles. The van der Waals surface area contributed by atoms with Crippen LogP contribution in [0.15, 0.2) is 18.3 Å². The summed E-state index contributed by atoms with van der Waals surface area (Å²) in [6.07, 6.45) is 1.53. The van der Waals surface area contributed by atoms with Crippen molar-refractivity contribution >= 4 is 11.7 Å². The van der Waals surface area contributed by atoms with Crippen LogP contribution < -0.4 is 10.7 Å². The molecular weight excluding hydrogens is 144 g/mol. The molecule has 0 saturated heterocycles. The molecule has 0 saturated carbocycles. The number of hydrogen-bond donors (Lipinski definition) is 1. The third-order valence-corrected chi connectivity index (χ3v) is 1.24. The minimum Gasteiger partial charge on any atom is -0.461 e. The Balaban J connectivity index is 2.90. The van der Waals surface area contributed by atoms with Gasteiger partial charge in [0, 0.05) is 6.07 Å². The Morgan fingerprint density at radius 2 is 2.36 bits per heavy atom. The number of nitrogen functional groups attached to an aromatic ring is 1. The van der Waals surface area contributed by atoms with Gasteiger partial charge in [-0.1, -0.05) is 0 Å². The first-order chi connectivity index (χ1) is 5.24.